The smallest absolute Gasteiger partial charge is 0.344 e. The molecule has 0 aromatic heterocycles. The fourth-order valence-corrected chi connectivity index (χ4v) is 2.27. The molecule has 2 nitrogen and oxygen atoms in total. The lowest BCUT2D eigenvalue weighted by Crippen LogP contribution is -1.97. The Hall–Kier alpha value is -2.13. The van der Waals surface area contributed by atoms with Crippen LogP contribution in [0.4, 0.5) is 0 Å². The molecule has 0 N–H and O–H groups in total. The van der Waals surface area contributed by atoms with E-state index in [0.29, 0.717) is 11.3 Å². The summed E-state index contributed by atoms with van der Waals surface area (Å²) in [6.07, 6.45) is 3.63. The molecule has 0 saturated carbocycles. The second-order valence-corrected chi connectivity index (χ2v) is 5.33. The molecule has 0 atom stereocenters. The summed E-state index contributed by atoms with van der Waals surface area (Å²) in [5.41, 5.74) is 2.44. The van der Waals surface area contributed by atoms with Crippen LogP contribution in [0.3, 0.4) is 0 Å². The lowest BCUT2D eigenvalue weighted by atomic mass is 10.1. The second kappa shape index (κ2) is 5.47. The van der Waals surface area contributed by atoms with E-state index >= 15 is 0 Å². The zero-order chi connectivity index (χ0) is 13.9. The standard InChI is InChI=1S/C17H11BrO2/c18-14-8-6-13(7-9-14)16-11-15(20-17(16)19)10-12-4-2-1-3-5-12/h1-11H/b15-10-. The highest BCUT2D eigenvalue weighted by Gasteiger charge is 2.22. The number of cyclic esters (lactones) is 1. The Bertz CT molecular complexity index is 698. The molecule has 0 amide bonds. The van der Waals surface area contributed by atoms with E-state index in [1.165, 1.54) is 0 Å². The van der Waals surface area contributed by atoms with Crippen molar-refractivity contribution in [1.29, 1.82) is 0 Å². The Morgan fingerprint density at radius 1 is 0.950 bits per heavy atom. The van der Waals surface area contributed by atoms with Gasteiger partial charge in [-0.05, 0) is 35.4 Å². The summed E-state index contributed by atoms with van der Waals surface area (Å²) in [6, 6.07) is 17.4. The third-order valence-electron chi connectivity index (χ3n) is 2.98. The van der Waals surface area contributed by atoms with Crippen molar-refractivity contribution < 1.29 is 9.53 Å². The molecular weight excluding hydrogens is 316 g/mol. The van der Waals surface area contributed by atoms with Crippen molar-refractivity contribution in [2.45, 2.75) is 0 Å². The molecule has 0 radical (unpaired) electrons. The monoisotopic (exact) mass is 326 g/mol. The molecule has 1 heterocycles. The number of esters is 1. The second-order valence-electron chi connectivity index (χ2n) is 4.41. The fourth-order valence-electron chi connectivity index (χ4n) is 2.01. The zero-order valence-electron chi connectivity index (χ0n) is 10.5. The van der Waals surface area contributed by atoms with Crippen LogP contribution in [0.25, 0.3) is 11.6 Å². The summed E-state index contributed by atoms with van der Waals surface area (Å²) < 4.78 is 6.26. The number of ether oxygens (including phenoxy) is 1. The van der Waals surface area contributed by atoms with Gasteiger partial charge in [0.25, 0.3) is 0 Å². The number of hydrogen-bond donors (Lipinski definition) is 0. The maximum atomic E-state index is 11.9. The van der Waals surface area contributed by atoms with E-state index in [1.54, 1.807) is 6.08 Å². The molecule has 1 aliphatic rings. The number of benzene rings is 2. The number of hydrogen-bond acceptors (Lipinski definition) is 2. The summed E-state index contributed by atoms with van der Waals surface area (Å²) in [4.78, 5) is 11.9. The fraction of sp³-hybridized carbons (Fsp3) is 0. The Morgan fingerprint density at radius 3 is 2.35 bits per heavy atom. The van der Waals surface area contributed by atoms with Gasteiger partial charge in [0.05, 0.1) is 5.57 Å². The van der Waals surface area contributed by atoms with Crippen molar-refractivity contribution in [3.8, 4) is 0 Å². The van der Waals surface area contributed by atoms with Gasteiger partial charge in [-0.25, -0.2) is 4.79 Å². The highest BCUT2D eigenvalue weighted by molar-refractivity contribution is 9.10. The molecule has 2 aromatic carbocycles. The van der Waals surface area contributed by atoms with E-state index < -0.39 is 0 Å². The van der Waals surface area contributed by atoms with Crippen LogP contribution in [0.2, 0.25) is 0 Å². The molecule has 1 aliphatic heterocycles. The largest absolute Gasteiger partial charge is 0.423 e. The number of carbonyl (C=O) groups excluding carboxylic acids is 1. The van der Waals surface area contributed by atoms with Gasteiger partial charge in [-0.1, -0.05) is 58.4 Å². The van der Waals surface area contributed by atoms with E-state index in [-0.39, 0.29) is 5.97 Å². The minimum atomic E-state index is -0.311. The first-order chi connectivity index (χ1) is 9.72. The highest BCUT2D eigenvalue weighted by Crippen LogP contribution is 2.28. The van der Waals surface area contributed by atoms with Crippen LogP contribution in [-0.4, -0.2) is 5.97 Å². The van der Waals surface area contributed by atoms with Gasteiger partial charge in [-0.3, -0.25) is 0 Å². The lowest BCUT2D eigenvalue weighted by Gasteiger charge is -1.99. The first-order valence-corrected chi connectivity index (χ1v) is 6.98. The summed E-state index contributed by atoms with van der Waals surface area (Å²) in [7, 11) is 0. The third-order valence-corrected chi connectivity index (χ3v) is 3.51. The minimum absolute atomic E-state index is 0.311. The van der Waals surface area contributed by atoms with Gasteiger partial charge in [0.1, 0.15) is 5.76 Å². The number of halogens is 1. The molecule has 0 spiro atoms. The molecule has 0 aliphatic carbocycles. The molecule has 3 heteroatoms. The van der Waals surface area contributed by atoms with Crippen LogP contribution in [0.5, 0.6) is 0 Å². The summed E-state index contributed by atoms with van der Waals surface area (Å²) >= 11 is 3.38. The summed E-state index contributed by atoms with van der Waals surface area (Å²) in [5.74, 6) is 0.258. The van der Waals surface area contributed by atoms with E-state index in [0.717, 1.165) is 15.6 Å². The van der Waals surface area contributed by atoms with E-state index in [1.807, 2.05) is 60.7 Å². The van der Waals surface area contributed by atoms with Gasteiger partial charge in [-0.15, -0.1) is 0 Å². The highest BCUT2D eigenvalue weighted by atomic mass is 79.9. The minimum Gasteiger partial charge on any atom is -0.423 e. The molecule has 0 bridgehead atoms. The van der Waals surface area contributed by atoms with Crippen molar-refractivity contribution in [3.05, 3.63) is 82.0 Å². The summed E-state index contributed by atoms with van der Waals surface area (Å²) in [6.45, 7) is 0. The Labute approximate surface area is 125 Å². The average molecular weight is 327 g/mol. The molecule has 20 heavy (non-hydrogen) atoms. The van der Waals surface area contributed by atoms with Crippen LogP contribution in [0.1, 0.15) is 11.1 Å². The summed E-state index contributed by atoms with van der Waals surface area (Å²) in [5, 5.41) is 0. The van der Waals surface area contributed by atoms with Crippen molar-refractivity contribution in [2.75, 3.05) is 0 Å². The Balaban J connectivity index is 1.93. The molecule has 98 valence electrons. The van der Waals surface area contributed by atoms with Gasteiger partial charge in [-0.2, -0.15) is 0 Å². The molecule has 2 aromatic rings. The van der Waals surface area contributed by atoms with E-state index in [9.17, 15) is 4.79 Å². The van der Waals surface area contributed by atoms with Crippen LogP contribution in [0, 0.1) is 0 Å². The maximum absolute atomic E-state index is 11.9. The zero-order valence-corrected chi connectivity index (χ0v) is 12.1. The van der Waals surface area contributed by atoms with Crippen LogP contribution in [-0.2, 0) is 9.53 Å². The SMILES string of the molecule is O=C1O/C(=C\c2ccccc2)C=C1c1ccc(Br)cc1. The third kappa shape index (κ3) is 2.73. The maximum Gasteiger partial charge on any atom is 0.344 e. The van der Waals surface area contributed by atoms with Gasteiger partial charge in [0.2, 0.25) is 0 Å². The number of rotatable bonds is 2. The van der Waals surface area contributed by atoms with E-state index in [2.05, 4.69) is 15.9 Å². The Morgan fingerprint density at radius 2 is 1.65 bits per heavy atom. The topological polar surface area (TPSA) is 26.3 Å². The molecule has 3 rings (SSSR count). The van der Waals surface area contributed by atoms with Crippen LogP contribution < -0.4 is 0 Å². The predicted molar refractivity (Wildman–Crippen MR) is 82.6 cm³/mol. The molecule has 0 saturated heterocycles. The van der Waals surface area contributed by atoms with Gasteiger partial charge in [0, 0.05) is 4.47 Å². The Kier molecular flexibility index (Phi) is 3.52. The van der Waals surface area contributed by atoms with Gasteiger partial charge >= 0.3 is 5.97 Å². The first-order valence-electron chi connectivity index (χ1n) is 6.19. The van der Waals surface area contributed by atoms with Gasteiger partial charge < -0.3 is 4.74 Å². The van der Waals surface area contributed by atoms with E-state index in [4.69, 9.17) is 4.74 Å². The quantitative estimate of drug-likeness (QED) is 0.763. The van der Waals surface area contributed by atoms with Gasteiger partial charge in [0.15, 0.2) is 0 Å². The lowest BCUT2D eigenvalue weighted by molar-refractivity contribution is -0.131. The normalized spacial score (nSPS) is 16.1. The van der Waals surface area contributed by atoms with Crippen LogP contribution >= 0.6 is 15.9 Å². The number of allylic oxidation sites excluding steroid dienone is 1. The van der Waals surface area contributed by atoms with Crippen molar-refractivity contribution in [2.24, 2.45) is 0 Å². The van der Waals surface area contributed by atoms with Crippen molar-refractivity contribution in [1.82, 2.24) is 0 Å². The molecular formula is C17H11BrO2. The number of carbonyl (C=O) groups is 1. The average Bonchev–Trinajstić information content (AvgIpc) is 2.81. The first kappa shape index (κ1) is 12.9. The molecule has 0 fully saturated rings. The predicted octanol–water partition coefficient (Wildman–Crippen LogP) is 4.43. The molecule has 0 unspecified atom stereocenters. The van der Waals surface area contributed by atoms with Crippen LogP contribution in [0.15, 0.2) is 70.9 Å². The van der Waals surface area contributed by atoms with Crippen molar-refractivity contribution in [3.63, 3.8) is 0 Å². The van der Waals surface area contributed by atoms with Crippen molar-refractivity contribution >= 4 is 33.5 Å².